The van der Waals surface area contributed by atoms with Crippen LogP contribution in [0.4, 0.5) is 17.1 Å². The Labute approximate surface area is 158 Å². The first-order valence-electron chi connectivity index (χ1n) is 8.97. The summed E-state index contributed by atoms with van der Waals surface area (Å²) in [5.41, 5.74) is 5.60. The first-order valence-corrected chi connectivity index (χ1v) is 8.97. The Hall–Kier alpha value is -3.47. The van der Waals surface area contributed by atoms with Gasteiger partial charge in [-0.2, -0.15) is 0 Å². The summed E-state index contributed by atoms with van der Waals surface area (Å²) in [7, 11) is 1.69. The maximum Gasteiger partial charge on any atom is 0.120 e. The Morgan fingerprint density at radius 1 is 0.926 bits per heavy atom. The van der Waals surface area contributed by atoms with Gasteiger partial charge in [-0.3, -0.25) is 4.98 Å². The highest BCUT2D eigenvalue weighted by Crippen LogP contribution is 2.24. The average molecular weight is 358 g/mol. The molecule has 0 saturated heterocycles. The number of hydrogen-bond donors (Lipinski definition) is 3. The summed E-state index contributed by atoms with van der Waals surface area (Å²) in [6, 6.07) is 18.3. The van der Waals surface area contributed by atoms with Gasteiger partial charge in [0, 0.05) is 59.2 Å². The number of rotatable bonds is 7. The molecular weight excluding hydrogens is 336 g/mol. The summed E-state index contributed by atoms with van der Waals surface area (Å²) in [4.78, 5) is 7.35. The van der Waals surface area contributed by atoms with E-state index in [1.165, 1.54) is 10.9 Å². The molecule has 4 rings (SSSR count). The lowest BCUT2D eigenvalue weighted by Gasteiger charge is -2.09. The second-order valence-corrected chi connectivity index (χ2v) is 6.34. The molecule has 0 bridgehead atoms. The van der Waals surface area contributed by atoms with Crippen LogP contribution in [-0.4, -0.2) is 23.6 Å². The summed E-state index contributed by atoms with van der Waals surface area (Å²) < 4.78 is 5.28. The first-order chi connectivity index (χ1) is 13.3. The number of nitrogens with zero attached hydrogens (tertiary/aromatic N) is 1. The van der Waals surface area contributed by atoms with E-state index in [0.29, 0.717) is 0 Å². The summed E-state index contributed by atoms with van der Waals surface area (Å²) in [5.74, 6) is 0.870. The fourth-order valence-corrected chi connectivity index (χ4v) is 3.11. The molecule has 5 nitrogen and oxygen atoms in total. The molecule has 0 amide bonds. The van der Waals surface area contributed by atoms with Crippen LogP contribution in [0.25, 0.3) is 10.9 Å². The third-order valence-electron chi connectivity index (χ3n) is 4.55. The van der Waals surface area contributed by atoms with Gasteiger partial charge >= 0.3 is 0 Å². The number of aromatic amines is 1. The van der Waals surface area contributed by atoms with Crippen LogP contribution in [0.3, 0.4) is 0 Å². The molecule has 0 aliphatic heterocycles. The molecule has 5 heteroatoms. The Morgan fingerprint density at radius 2 is 1.67 bits per heavy atom. The maximum absolute atomic E-state index is 5.28. The number of nitrogens with one attached hydrogen (secondary N) is 3. The second kappa shape index (κ2) is 7.83. The average Bonchev–Trinajstić information content (AvgIpc) is 3.12. The lowest BCUT2D eigenvalue weighted by Crippen LogP contribution is -2.04. The predicted octanol–water partition coefficient (Wildman–Crippen LogP) is 4.97. The van der Waals surface area contributed by atoms with E-state index in [9.17, 15) is 0 Å². The van der Waals surface area contributed by atoms with E-state index in [1.807, 2.05) is 24.3 Å². The summed E-state index contributed by atoms with van der Waals surface area (Å²) in [6.45, 7) is 0.871. The van der Waals surface area contributed by atoms with E-state index in [0.717, 1.165) is 41.3 Å². The number of methoxy groups -OCH3 is 1. The van der Waals surface area contributed by atoms with Crippen LogP contribution in [0.1, 0.15) is 5.56 Å². The van der Waals surface area contributed by atoms with Gasteiger partial charge in [0.05, 0.1) is 7.11 Å². The third-order valence-corrected chi connectivity index (χ3v) is 4.55. The van der Waals surface area contributed by atoms with Crippen LogP contribution in [0.5, 0.6) is 5.75 Å². The molecule has 2 aromatic carbocycles. The highest BCUT2D eigenvalue weighted by molar-refractivity contribution is 5.84. The van der Waals surface area contributed by atoms with Gasteiger partial charge in [0.1, 0.15) is 5.75 Å². The molecule has 0 fully saturated rings. The lowest BCUT2D eigenvalue weighted by molar-refractivity contribution is 0.415. The van der Waals surface area contributed by atoms with E-state index in [-0.39, 0.29) is 0 Å². The van der Waals surface area contributed by atoms with E-state index in [1.54, 1.807) is 19.5 Å². The van der Waals surface area contributed by atoms with Gasteiger partial charge in [0.25, 0.3) is 0 Å². The van der Waals surface area contributed by atoms with E-state index >= 15 is 0 Å². The van der Waals surface area contributed by atoms with Crippen molar-refractivity contribution in [2.75, 3.05) is 24.3 Å². The second-order valence-electron chi connectivity index (χ2n) is 6.34. The van der Waals surface area contributed by atoms with Crippen LogP contribution >= 0.6 is 0 Å². The van der Waals surface area contributed by atoms with Gasteiger partial charge in [-0.25, -0.2) is 0 Å². The van der Waals surface area contributed by atoms with E-state index in [4.69, 9.17) is 4.74 Å². The highest BCUT2D eigenvalue weighted by Gasteiger charge is 2.05. The maximum atomic E-state index is 5.28. The molecule has 0 aliphatic rings. The normalized spacial score (nSPS) is 10.7. The monoisotopic (exact) mass is 358 g/mol. The summed E-state index contributed by atoms with van der Waals surface area (Å²) in [5, 5.41) is 8.09. The SMILES string of the molecule is COc1ccc2c(CCNc3ccc(Nc4ccncc4)cc3)c[nH]c2c1. The molecular formula is C22H22N4O. The molecule has 0 saturated carbocycles. The first kappa shape index (κ1) is 17.0. The van der Waals surface area contributed by atoms with Crippen molar-refractivity contribution in [1.29, 1.82) is 0 Å². The molecule has 3 N–H and O–H groups in total. The van der Waals surface area contributed by atoms with Crippen molar-refractivity contribution in [3.05, 3.63) is 78.8 Å². The quantitative estimate of drug-likeness (QED) is 0.436. The molecule has 27 heavy (non-hydrogen) atoms. The molecule has 2 heterocycles. The molecule has 0 atom stereocenters. The van der Waals surface area contributed by atoms with Gasteiger partial charge in [0.15, 0.2) is 0 Å². The van der Waals surface area contributed by atoms with Crippen molar-refractivity contribution in [2.45, 2.75) is 6.42 Å². The molecule has 0 spiro atoms. The zero-order valence-corrected chi connectivity index (χ0v) is 15.2. The minimum Gasteiger partial charge on any atom is -0.497 e. The Kier molecular flexibility index (Phi) is 4.92. The molecule has 0 unspecified atom stereocenters. The molecule has 4 aromatic rings. The number of hydrogen-bond acceptors (Lipinski definition) is 4. The van der Waals surface area contributed by atoms with Crippen LogP contribution in [0.2, 0.25) is 0 Å². The number of anilines is 3. The van der Waals surface area contributed by atoms with Crippen molar-refractivity contribution in [2.24, 2.45) is 0 Å². The number of benzene rings is 2. The standard InChI is InChI=1S/C22H22N4O/c1-27-20-6-7-21-16(15-25-22(21)14-20)8-13-24-17-2-4-18(5-3-17)26-19-9-11-23-12-10-19/h2-7,9-12,14-15,24-25H,8,13H2,1H3,(H,23,26). The molecule has 136 valence electrons. The smallest absolute Gasteiger partial charge is 0.120 e. The fraction of sp³-hybridized carbons (Fsp3) is 0.136. The van der Waals surface area contributed by atoms with Crippen molar-refractivity contribution < 1.29 is 4.74 Å². The van der Waals surface area contributed by atoms with Crippen LogP contribution < -0.4 is 15.4 Å². The number of aromatic nitrogens is 2. The molecule has 0 aliphatic carbocycles. The van der Waals surface area contributed by atoms with Gasteiger partial charge in [0.2, 0.25) is 0 Å². The Bertz CT molecular complexity index is 1010. The highest BCUT2D eigenvalue weighted by atomic mass is 16.5. The van der Waals surface area contributed by atoms with Crippen molar-refractivity contribution in [1.82, 2.24) is 9.97 Å². The van der Waals surface area contributed by atoms with Crippen molar-refractivity contribution in [3.8, 4) is 5.75 Å². The van der Waals surface area contributed by atoms with Gasteiger partial charge in [-0.05, 0) is 60.5 Å². The lowest BCUT2D eigenvalue weighted by atomic mass is 10.1. The van der Waals surface area contributed by atoms with E-state index in [2.05, 4.69) is 57.1 Å². The molecule has 2 aromatic heterocycles. The Balaban J connectivity index is 1.34. The Morgan fingerprint density at radius 3 is 2.44 bits per heavy atom. The summed E-state index contributed by atoms with van der Waals surface area (Å²) in [6.07, 6.45) is 6.58. The number of fused-ring (bicyclic) bond motifs is 1. The minimum atomic E-state index is 0.870. The van der Waals surface area contributed by atoms with Gasteiger partial charge < -0.3 is 20.4 Å². The minimum absolute atomic E-state index is 0.870. The van der Waals surface area contributed by atoms with Crippen LogP contribution in [-0.2, 0) is 6.42 Å². The number of pyridine rings is 1. The summed E-state index contributed by atoms with van der Waals surface area (Å²) >= 11 is 0. The number of H-pyrrole nitrogens is 1. The number of ether oxygens (including phenoxy) is 1. The third kappa shape index (κ3) is 4.03. The predicted molar refractivity (Wildman–Crippen MR) is 111 cm³/mol. The fourth-order valence-electron chi connectivity index (χ4n) is 3.11. The van der Waals surface area contributed by atoms with E-state index < -0.39 is 0 Å². The molecule has 0 radical (unpaired) electrons. The topological polar surface area (TPSA) is 62.0 Å². The largest absolute Gasteiger partial charge is 0.497 e. The zero-order valence-electron chi connectivity index (χ0n) is 15.2. The van der Waals surface area contributed by atoms with Crippen LogP contribution in [0.15, 0.2) is 73.2 Å². The van der Waals surface area contributed by atoms with Gasteiger partial charge in [-0.15, -0.1) is 0 Å². The zero-order chi connectivity index (χ0) is 18.5. The van der Waals surface area contributed by atoms with Crippen LogP contribution in [0, 0.1) is 0 Å². The van der Waals surface area contributed by atoms with Crippen molar-refractivity contribution in [3.63, 3.8) is 0 Å². The van der Waals surface area contributed by atoms with Crippen molar-refractivity contribution >= 4 is 28.0 Å². The van der Waals surface area contributed by atoms with Gasteiger partial charge in [-0.1, -0.05) is 0 Å².